The third kappa shape index (κ3) is 3.15. The maximum Gasteiger partial charge on any atom is 0.0221 e. The molecule has 4 atom stereocenters. The van der Waals surface area contributed by atoms with E-state index >= 15 is 0 Å². The molecular weight excluding hydrogens is 158 g/mol. The van der Waals surface area contributed by atoms with Gasteiger partial charge in [0.05, 0.1) is 0 Å². The molecule has 0 aliphatic heterocycles. The lowest BCUT2D eigenvalue weighted by Gasteiger charge is -2.34. The highest BCUT2D eigenvalue weighted by molar-refractivity contribution is 4.88. The molecule has 1 aliphatic rings. The first-order valence-electron chi connectivity index (χ1n) is 5.52. The Morgan fingerprint density at radius 2 is 2.08 bits per heavy atom. The highest BCUT2D eigenvalue weighted by Crippen LogP contribution is 2.28. The fourth-order valence-electron chi connectivity index (χ4n) is 2.17. The molecule has 1 aliphatic carbocycles. The third-order valence-corrected chi connectivity index (χ3v) is 3.29. The van der Waals surface area contributed by atoms with Gasteiger partial charge in [0.25, 0.3) is 0 Å². The van der Waals surface area contributed by atoms with Crippen molar-refractivity contribution in [1.82, 2.24) is 5.32 Å². The van der Waals surface area contributed by atoms with Crippen molar-refractivity contribution in [3.05, 3.63) is 12.7 Å². The van der Waals surface area contributed by atoms with E-state index in [1.54, 1.807) is 0 Å². The number of hydrogen-bond donors (Lipinski definition) is 1. The number of hydrogen-bond acceptors (Lipinski definition) is 1. The van der Waals surface area contributed by atoms with Crippen LogP contribution in [0.5, 0.6) is 0 Å². The van der Waals surface area contributed by atoms with Crippen LogP contribution in [0, 0.1) is 11.8 Å². The van der Waals surface area contributed by atoms with Crippen molar-refractivity contribution in [3.8, 4) is 0 Å². The predicted molar refractivity (Wildman–Crippen MR) is 58.8 cm³/mol. The molecule has 1 fully saturated rings. The van der Waals surface area contributed by atoms with E-state index in [2.05, 4.69) is 32.7 Å². The van der Waals surface area contributed by atoms with Gasteiger partial charge in [0.15, 0.2) is 0 Å². The molecule has 0 radical (unpaired) electrons. The maximum absolute atomic E-state index is 3.81. The SMILES string of the molecule is C=CC(C)NC1CC(C)CCC1C. The molecule has 4 unspecified atom stereocenters. The second-order valence-corrected chi connectivity index (χ2v) is 4.69. The highest BCUT2D eigenvalue weighted by Gasteiger charge is 2.25. The van der Waals surface area contributed by atoms with Crippen LogP contribution in [-0.2, 0) is 0 Å². The molecule has 0 aromatic heterocycles. The molecule has 0 spiro atoms. The van der Waals surface area contributed by atoms with Gasteiger partial charge >= 0.3 is 0 Å². The molecule has 0 amide bonds. The average molecular weight is 181 g/mol. The maximum atomic E-state index is 3.81. The van der Waals surface area contributed by atoms with E-state index < -0.39 is 0 Å². The lowest BCUT2D eigenvalue weighted by atomic mass is 9.80. The van der Waals surface area contributed by atoms with Gasteiger partial charge in [-0.15, -0.1) is 6.58 Å². The van der Waals surface area contributed by atoms with E-state index in [9.17, 15) is 0 Å². The van der Waals surface area contributed by atoms with Crippen LogP contribution < -0.4 is 5.32 Å². The summed E-state index contributed by atoms with van der Waals surface area (Å²) in [6.07, 6.45) is 6.11. The Balaban J connectivity index is 2.41. The van der Waals surface area contributed by atoms with Gasteiger partial charge in [-0.3, -0.25) is 0 Å². The van der Waals surface area contributed by atoms with Gasteiger partial charge < -0.3 is 5.32 Å². The standard InChI is InChI=1S/C12H23N/c1-5-11(4)13-12-8-9(2)6-7-10(12)3/h5,9-13H,1,6-8H2,2-4H3. The van der Waals surface area contributed by atoms with Crippen molar-refractivity contribution in [2.75, 3.05) is 0 Å². The van der Waals surface area contributed by atoms with E-state index in [-0.39, 0.29) is 0 Å². The molecule has 1 N–H and O–H groups in total. The smallest absolute Gasteiger partial charge is 0.0221 e. The first kappa shape index (κ1) is 10.8. The predicted octanol–water partition coefficient (Wildman–Crippen LogP) is 2.98. The Hall–Kier alpha value is -0.300. The monoisotopic (exact) mass is 181 g/mol. The first-order valence-corrected chi connectivity index (χ1v) is 5.52. The molecule has 1 heteroatoms. The summed E-state index contributed by atoms with van der Waals surface area (Å²) in [4.78, 5) is 0. The number of nitrogens with one attached hydrogen (secondary N) is 1. The molecule has 76 valence electrons. The van der Waals surface area contributed by atoms with Crippen LogP contribution in [0.25, 0.3) is 0 Å². The van der Waals surface area contributed by atoms with Gasteiger partial charge in [-0.1, -0.05) is 26.3 Å². The van der Waals surface area contributed by atoms with Gasteiger partial charge in [-0.2, -0.15) is 0 Å². The Morgan fingerprint density at radius 1 is 1.38 bits per heavy atom. The third-order valence-electron chi connectivity index (χ3n) is 3.29. The van der Waals surface area contributed by atoms with Crippen LogP contribution in [0.1, 0.15) is 40.0 Å². The summed E-state index contributed by atoms with van der Waals surface area (Å²) in [6, 6.07) is 1.16. The summed E-state index contributed by atoms with van der Waals surface area (Å²) in [7, 11) is 0. The minimum absolute atomic E-state index is 0.456. The first-order chi connectivity index (χ1) is 6.13. The molecule has 0 bridgehead atoms. The average Bonchev–Trinajstić information content (AvgIpc) is 2.11. The van der Waals surface area contributed by atoms with Gasteiger partial charge in [-0.05, 0) is 31.6 Å². The Morgan fingerprint density at radius 3 is 2.69 bits per heavy atom. The van der Waals surface area contributed by atoms with Crippen LogP contribution in [0.2, 0.25) is 0 Å². The molecule has 0 saturated heterocycles. The van der Waals surface area contributed by atoms with E-state index in [1.807, 2.05) is 6.08 Å². The molecule has 0 heterocycles. The van der Waals surface area contributed by atoms with Gasteiger partial charge in [0.1, 0.15) is 0 Å². The van der Waals surface area contributed by atoms with Crippen molar-refractivity contribution in [2.45, 2.75) is 52.1 Å². The quantitative estimate of drug-likeness (QED) is 0.660. The van der Waals surface area contributed by atoms with E-state index in [0.29, 0.717) is 12.1 Å². The van der Waals surface area contributed by atoms with Crippen molar-refractivity contribution in [2.24, 2.45) is 11.8 Å². The summed E-state index contributed by atoms with van der Waals surface area (Å²) in [6.45, 7) is 10.7. The lowest BCUT2D eigenvalue weighted by molar-refractivity contribution is 0.223. The fraction of sp³-hybridized carbons (Fsp3) is 0.833. The number of rotatable bonds is 3. The van der Waals surface area contributed by atoms with Crippen molar-refractivity contribution >= 4 is 0 Å². The summed E-state index contributed by atoms with van der Waals surface area (Å²) in [5.41, 5.74) is 0. The van der Waals surface area contributed by atoms with Crippen LogP contribution >= 0.6 is 0 Å². The van der Waals surface area contributed by atoms with Crippen LogP contribution in [0.3, 0.4) is 0 Å². The molecule has 1 nitrogen and oxygen atoms in total. The second-order valence-electron chi connectivity index (χ2n) is 4.69. The van der Waals surface area contributed by atoms with Gasteiger partial charge in [-0.25, -0.2) is 0 Å². The van der Waals surface area contributed by atoms with Crippen LogP contribution in [0.4, 0.5) is 0 Å². The van der Waals surface area contributed by atoms with Gasteiger partial charge in [0, 0.05) is 12.1 Å². The Labute approximate surface area is 82.6 Å². The van der Waals surface area contributed by atoms with E-state index in [0.717, 1.165) is 11.8 Å². The largest absolute Gasteiger partial charge is 0.308 e. The van der Waals surface area contributed by atoms with E-state index in [4.69, 9.17) is 0 Å². The van der Waals surface area contributed by atoms with Crippen molar-refractivity contribution in [3.63, 3.8) is 0 Å². The molecule has 0 aromatic carbocycles. The van der Waals surface area contributed by atoms with Crippen molar-refractivity contribution < 1.29 is 0 Å². The van der Waals surface area contributed by atoms with E-state index in [1.165, 1.54) is 19.3 Å². The molecule has 0 aromatic rings. The normalized spacial score (nSPS) is 37.0. The lowest BCUT2D eigenvalue weighted by Crippen LogP contribution is -2.43. The Kier molecular flexibility index (Phi) is 3.98. The van der Waals surface area contributed by atoms with Crippen LogP contribution in [0.15, 0.2) is 12.7 Å². The van der Waals surface area contributed by atoms with Gasteiger partial charge in [0.2, 0.25) is 0 Å². The zero-order chi connectivity index (χ0) is 9.84. The minimum Gasteiger partial charge on any atom is -0.308 e. The summed E-state index contributed by atoms with van der Waals surface area (Å²) in [5.74, 6) is 1.73. The summed E-state index contributed by atoms with van der Waals surface area (Å²) < 4.78 is 0. The highest BCUT2D eigenvalue weighted by atomic mass is 14.9. The molecule has 13 heavy (non-hydrogen) atoms. The van der Waals surface area contributed by atoms with Crippen LogP contribution in [-0.4, -0.2) is 12.1 Å². The topological polar surface area (TPSA) is 12.0 Å². The fourth-order valence-corrected chi connectivity index (χ4v) is 2.17. The van der Waals surface area contributed by atoms with Crippen molar-refractivity contribution in [1.29, 1.82) is 0 Å². The second kappa shape index (κ2) is 4.80. The Bertz CT molecular complexity index is 165. The molecular formula is C12H23N. The summed E-state index contributed by atoms with van der Waals surface area (Å²) >= 11 is 0. The molecule has 1 saturated carbocycles. The summed E-state index contributed by atoms with van der Waals surface area (Å²) in [5, 5.41) is 3.63. The minimum atomic E-state index is 0.456. The zero-order valence-corrected chi connectivity index (χ0v) is 9.22. The molecule has 1 rings (SSSR count). The zero-order valence-electron chi connectivity index (χ0n) is 9.22.